The Hall–Kier alpha value is -0.923. The van der Waals surface area contributed by atoms with E-state index < -0.39 is 8.07 Å². The fourth-order valence-corrected chi connectivity index (χ4v) is 3.85. The number of nitrogens with zero attached hydrogens (tertiary/aromatic N) is 4. The summed E-state index contributed by atoms with van der Waals surface area (Å²) < 4.78 is 2.74. The highest BCUT2D eigenvalue weighted by molar-refractivity contribution is 9.10. The van der Waals surface area contributed by atoms with Crippen molar-refractivity contribution in [2.24, 2.45) is 4.99 Å². The summed E-state index contributed by atoms with van der Waals surface area (Å²) in [6, 6.07) is 6.27. The van der Waals surface area contributed by atoms with Crippen LogP contribution in [0.1, 0.15) is 12.5 Å². The third kappa shape index (κ3) is 4.79. The molecule has 0 saturated heterocycles. The topological polar surface area (TPSA) is 43.1 Å². The van der Waals surface area contributed by atoms with Crippen LogP contribution in [0.2, 0.25) is 19.6 Å². The monoisotopic (exact) mass is 396 g/mol. The minimum absolute atomic E-state index is 0.956. The lowest BCUT2D eigenvalue weighted by atomic mass is 10.2. The summed E-state index contributed by atoms with van der Waals surface area (Å²) >= 11 is 5.43. The van der Waals surface area contributed by atoms with Gasteiger partial charge in [-0.3, -0.25) is 4.99 Å². The van der Waals surface area contributed by atoms with Crippen molar-refractivity contribution in [3.8, 4) is 5.69 Å². The molecule has 0 atom stereocenters. The molecular formula is C15H21BrN4SSi. The number of hydrogen-bond acceptors (Lipinski definition) is 4. The van der Waals surface area contributed by atoms with Crippen LogP contribution in [-0.4, -0.2) is 39.8 Å². The summed E-state index contributed by atoms with van der Waals surface area (Å²) in [5, 5.41) is 5.29. The Morgan fingerprint density at radius 1 is 1.36 bits per heavy atom. The lowest BCUT2D eigenvalue weighted by molar-refractivity contribution is 0.874. The molecule has 1 aromatic heterocycles. The predicted octanol–water partition coefficient (Wildman–Crippen LogP) is 4.41. The van der Waals surface area contributed by atoms with E-state index in [2.05, 4.69) is 64.7 Å². The first-order valence-corrected chi connectivity index (χ1v) is 12.7. The molecule has 118 valence electrons. The maximum atomic E-state index is 4.87. The molecule has 0 radical (unpaired) electrons. The van der Waals surface area contributed by atoms with Crippen molar-refractivity contribution in [3.05, 3.63) is 40.9 Å². The van der Waals surface area contributed by atoms with Crippen LogP contribution in [0.4, 0.5) is 0 Å². The molecule has 2 aromatic rings. The molecule has 22 heavy (non-hydrogen) atoms. The Balaban J connectivity index is 2.31. The van der Waals surface area contributed by atoms with Crippen molar-refractivity contribution < 1.29 is 0 Å². The molecule has 0 aliphatic rings. The molecule has 0 amide bonds. The minimum atomic E-state index is -1.18. The van der Waals surface area contributed by atoms with Crippen LogP contribution in [-0.2, 0) is 0 Å². The van der Waals surface area contributed by atoms with E-state index in [9.17, 15) is 0 Å². The average Bonchev–Trinajstić information content (AvgIpc) is 2.96. The lowest BCUT2D eigenvalue weighted by Gasteiger charge is -2.14. The molecule has 7 heteroatoms. The van der Waals surface area contributed by atoms with Gasteiger partial charge >= 0.3 is 0 Å². The van der Waals surface area contributed by atoms with E-state index in [0.29, 0.717) is 0 Å². The first-order valence-electron chi connectivity index (χ1n) is 7.23. The summed E-state index contributed by atoms with van der Waals surface area (Å²) in [5.74, 6) is 1.02. The van der Waals surface area contributed by atoms with Gasteiger partial charge in [-0.2, -0.15) is 5.10 Å². The summed E-state index contributed by atoms with van der Waals surface area (Å²) in [6.45, 7) is 9.19. The summed E-state index contributed by atoms with van der Waals surface area (Å²) in [7, 11) is -1.18. The maximum Gasteiger partial charge on any atom is 0.138 e. The highest BCUT2D eigenvalue weighted by Crippen LogP contribution is 2.24. The molecule has 2 rings (SSSR count). The fraction of sp³-hybridized carbons (Fsp3) is 0.400. The van der Waals surface area contributed by atoms with Crippen molar-refractivity contribution >= 4 is 40.8 Å². The van der Waals surface area contributed by atoms with E-state index in [1.54, 1.807) is 22.8 Å². The van der Waals surface area contributed by atoms with E-state index >= 15 is 0 Å². The molecule has 0 aliphatic carbocycles. The second-order valence-electron chi connectivity index (χ2n) is 6.12. The number of halogens is 1. The van der Waals surface area contributed by atoms with Crippen LogP contribution in [0.25, 0.3) is 5.69 Å². The van der Waals surface area contributed by atoms with Crippen LogP contribution in [0.3, 0.4) is 0 Å². The van der Waals surface area contributed by atoms with Crippen LogP contribution in [0.5, 0.6) is 0 Å². The van der Waals surface area contributed by atoms with Crippen LogP contribution in [0, 0.1) is 0 Å². The maximum absolute atomic E-state index is 4.87. The van der Waals surface area contributed by atoms with Crippen LogP contribution < -0.4 is 0 Å². The van der Waals surface area contributed by atoms with Gasteiger partial charge in [0, 0.05) is 16.2 Å². The van der Waals surface area contributed by atoms with Crippen molar-refractivity contribution in [1.82, 2.24) is 14.8 Å². The summed E-state index contributed by atoms with van der Waals surface area (Å²) in [6.07, 6.45) is 4.19. The largest absolute Gasteiger partial charge is 0.281 e. The zero-order chi connectivity index (χ0) is 16.2. The number of rotatable bonds is 5. The molecular weight excluding hydrogens is 376 g/mol. The number of aromatic nitrogens is 3. The fourth-order valence-electron chi connectivity index (χ4n) is 1.82. The number of benzene rings is 1. The van der Waals surface area contributed by atoms with Gasteiger partial charge in [0.15, 0.2) is 0 Å². The first-order chi connectivity index (χ1) is 10.4. The molecule has 0 fully saturated rings. The van der Waals surface area contributed by atoms with E-state index in [1.165, 1.54) is 6.33 Å². The number of aliphatic imine (C=N–C) groups is 1. The predicted molar refractivity (Wildman–Crippen MR) is 102 cm³/mol. The zero-order valence-corrected chi connectivity index (χ0v) is 16.8. The van der Waals surface area contributed by atoms with Gasteiger partial charge in [0.1, 0.15) is 12.7 Å². The molecule has 4 nitrogen and oxygen atoms in total. The number of hydrogen-bond donors (Lipinski definition) is 0. The third-order valence-corrected chi connectivity index (χ3v) is 5.51. The molecule has 1 aromatic carbocycles. The SMILES string of the molecule is CCSC(=NC[Si](C)(C)C)c1ccc(-n2cncn2)c(Br)c1. The number of thioether (sulfide) groups is 1. The van der Waals surface area contributed by atoms with Gasteiger partial charge in [0.25, 0.3) is 0 Å². The molecule has 0 bridgehead atoms. The summed E-state index contributed by atoms with van der Waals surface area (Å²) in [5.41, 5.74) is 2.13. The molecule has 1 heterocycles. The Morgan fingerprint density at radius 3 is 2.68 bits per heavy atom. The lowest BCUT2D eigenvalue weighted by Crippen LogP contribution is -2.25. The molecule has 0 spiro atoms. The van der Waals surface area contributed by atoms with Gasteiger partial charge in [-0.1, -0.05) is 32.6 Å². The van der Waals surface area contributed by atoms with Crippen LogP contribution >= 0.6 is 27.7 Å². The standard InChI is InChI=1S/C15H21BrN4SSi/c1-5-21-15(18-11-22(2,3)4)12-6-7-14(13(16)8-12)20-10-17-9-19-20/h6-10H,5,11H2,1-4H3. The Kier molecular flexibility index (Phi) is 5.99. The van der Waals surface area contributed by atoms with Gasteiger partial charge in [0.05, 0.1) is 18.8 Å². The second-order valence-corrected chi connectivity index (χ2v) is 13.7. The van der Waals surface area contributed by atoms with Crippen molar-refractivity contribution in [2.75, 3.05) is 11.9 Å². The Morgan fingerprint density at radius 2 is 2.14 bits per heavy atom. The minimum Gasteiger partial charge on any atom is -0.281 e. The van der Waals surface area contributed by atoms with Gasteiger partial charge in [-0.25, -0.2) is 9.67 Å². The van der Waals surface area contributed by atoms with E-state index in [1.807, 2.05) is 6.07 Å². The average molecular weight is 397 g/mol. The molecule has 0 aliphatic heterocycles. The van der Waals surface area contributed by atoms with E-state index in [4.69, 9.17) is 4.99 Å². The highest BCUT2D eigenvalue weighted by atomic mass is 79.9. The smallest absolute Gasteiger partial charge is 0.138 e. The Labute approximate surface area is 145 Å². The van der Waals surface area contributed by atoms with Crippen LogP contribution in [0.15, 0.2) is 40.3 Å². The Bertz CT molecular complexity index is 650. The van der Waals surface area contributed by atoms with E-state index in [0.717, 1.165) is 32.7 Å². The molecule has 0 N–H and O–H groups in total. The van der Waals surface area contributed by atoms with Gasteiger partial charge in [-0.05, 0) is 33.8 Å². The quantitative estimate of drug-likeness (QED) is 0.427. The third-order valence-electron chi connectivity index (χ3n) is 2.84. The first kappa shape index (κ1) is 17.4. The van der Waals surface area contributed by atoms with Gasteiger partial charge in [0.2, 0.25) is 0 Å². The van der Waals surface area contributed by atoms with Gasteiger partial charge in [-0.15, -0.1) is 11.8 Å². The van der Waals surface area contributed by atoms with Gasteiger partial charge < -0.3 is 0 Å². The molecule has 0 saturated carbocycles. The molecule has 0 unspecified atom stereocenters. The normalized spacial score (nSPS) is 12.7. The second kappa shape index (κ2) is 7.57. The highest BCUT2D eigenvalue weighted by Gasteiger charge is 2.14. The van der Waals surface area contributed by atoms with Crippen molar-refractivity contribution in [3.63, 3.8) is 0 Å². The van der Waals surface area contributed by atoms with Crippen molar-refractivity contribution in [2.45, 2.75) is 26.6 Å². The van der Waals surface area contributed by atoms with Crippen molar-refractivity contribution in [1.29, 1.82) is 0 Å². The summed E-state index contributed by atoms with van der Waals surface area (Å²) in [4.78, 5) is 8.87. The zero-order valence-electron chi connectivity index (χ0n) is 13.4. The van der Waals surface area contributed by atoms with E-state index in [-0.39, 0.29) is 0 Å².